The van der Waals surface area contributed by atoms with Crippen molar-refractivity contribution in [2.24, 2.45) is 5.73 Å². The molecule has 1 aliphatic rings. The zero-order valence-corrected chi connectivity index (χ0v) is 18.8. The zero-order chi connectivity index (χ0) is 25.0. The zero-order valence-electron chi connectivity index (χ0n) is 18.8. The van der Waals surface area contributed by atoms with Gasteiger partial charge in [-0.15, -0.1) is 0 Å². The molecule has 0 amide bonds. The van der Waals surface area contributed by atoms with Crippen molar-refractivity contribution in [3.8, 4) is 34.7 Å². The van der Waals surface area contributed by atoms with Gasteiger partial charge in [-0.05, 0) is 72.7 Å². The number of rotatable bonds is 5. The van der Waals surface area contributed by atoms with E-state index >= 15 is 0 Å². The van der Waals surface area contributed by atoms with Crippen LogP contribution in [0.2, 0.25) is 0 Å². The minimum atomic E-state index is -4.41. The first kappa shape index (κ1) is 24.2. The highest BCUT2D eigenvalue weighted by Crippen LogP contribution is 2.40. The molecule has 0 spiro atoms. The number of piperidine rings is 1. The van der Waals surface area contributed by atoms with Crippen LogP contribution in [0.4, 0.5) is 19.0 Å². The molecule has 1 saturated heterocycles. The summed E-state index contributed by atoms with van der Waals surface area (Å²) in [6.07, 6.45) is -2.47. The molecule has 1 aliphatic heterocycles. The van der Waals surface area contributed by atoms with Crippen LogP contribution in [0, 0.1) is 12.0 Å². The summed E-state index contributed by atoms with van der Waals surface area (Å²) in [6, 6.07) is 13.8. The normalized spacial score (nSPS) is 15.8. The van der Waals surface area contributed by atoms with Crippen molar-refractivity contribution in [1.29, 1.82) is 0 Å². The number of aromatic hydroxyl groups is 1. The number of nitrogen functional groups attached to an aromatic ring is 1. The molecule has 35 heavy (non-hydrogen) atoms. The Morgan fingerprint density at radius 3 is 2.60 bits per heavy atom. The number of ether oxygens (including phenoxy) is 1. The number of phenolic OH excluding ortho intramolecular Hbond substituents is 1. The number of halogens is 3. The van der Waals surface area contributed by atoms with Gasteiger partial charge < -0.3 is 26.6 Å². The van der Waals surface area contributed by atoms with Crippen molar-refractivity contribution in [1.82, 2.24) is 10.3 Å². The summed E-state index contributed by atoms with van der Waals surface area (Å²) in [4.78, 5) is 4.47. The van der Waals surface area contributed by atoms with E-state index in [9.17, 15) is 18.3 Å². The lowest BCUT2D eigenvalue weighted by Crippen LogP contribution is -2.29. The first-order valence-corrected chi connectivity index (χ1v) is 11.1. The largest absolute Gasteiger partial charge is 0.507 e. The second kappa shape index (κ2) is 10.2. The number of phenols is 1. The van der Waals surface area contributed by atoms with Crippen LogP contribution in [0.1, 0.15) is 41.0 Å². The average Bonchev–Trinajstić information content (AvgIpc) is 2.84. The van der Waals surface area contributed by atoms with E-state index in [4.69, 9.17) is 16.2 Å². The Hall–Kier alpha value is -3.90. The minimum Gasteiger partial charge on any atom is -0.507 e. The molecule has 6 N–H and O–H groups in total. The van der Waals surface area contributed by atoms with E-state index < -0.39 is 11.7 Å². The number of nitrogens with two attached hydrogens (primary N) is 2. The maximum Gasteiger partial charge on any atom is 0.416 e. The van der Waals surface area contributed by atoms with Gasteiger partial charge in [-0.2, -0.15) is 13.2 Å². The highest BCUT2D eigenvalue weighted by atomic mass is 19.4. The van der Waals surface area contributed by atoms with Crippen LogP contribution in [0.15, 0.2) is 48.5 Å². The molecule has 0 aliphatic carbocycles. The average molecular weight is 483 g/mol. The van der Waals surface area contributed by atoms with Gasteiger partial charge in [0, 0.05) is 12.6 Å². The van der Waals surface area contributed by atoms with Crippen molar-refractivity contribution in [2.75, 3.05) is 18.8 Å². The fourth-order valence-corrected chi connectivity index (χ4v) is 4.21. The van der Waals surface area contributed by atoms with E-state index in [1.165, 1.54) is 18.2 Å². The summed E-state index contributed by atoms with van der Waals surface area (Å²) in [5, 5.41) is 14.1. The highest BCUT2D eigenvalue weighted by Gasteiger charge is 2.30. The van der Waals surface area contributed by atoms with Gasteiger partial charge in [0.05, 0.1) is 22.4 Å². The molecule has 4 rings (SSSR count). The first-order valence-electron chi connectivity index (χ1n) is 11.1. The number of nitrogens with one attached hydrogen (secondary N) is 1. The summed E-state index contributed by atoms with van der Waals surface area (Å²) < 4.78 is 44.4. The molecule has 1 aromatic heterocycles. The van der Waals surface area contributed by atoms with E-state index in [1.54, 1.807) is 12.1 Å². The fraction of sp³-hybridized carbons (Fsp3) is 0.269. The number of hydrogen-bond acceptors (Lipinski definition) is 6. The Morgan fingerprint density at radius 2 is 1.94 bits per heavy atom. The third-order valence-corrected chi connectivity index (χ3v) is 5.95. The summed E-state index contributed by atoms with van der Waals surface area (Å²) in [5.41, 5.74) is 13.7. The lowest BCUT2D eigenvalue weighted by atomic mass is 9.87. The number of pyridine rings is 1. The summed E-state index contributed by atoms with van der Waals surface area (Å²) >= 11 is 0. The van der Waals surface area contributed by atoms with Gasteiger partial charge in [-0.1, -0.05) is 18.2 Å². The van der Waals surface area contributed by atoms with Gasteiger partial charge >= 0.3 is 6.18 Å². The Kier molecular flexibility index (Phi) is 7.03. The number of nitrogens with zero attached hydrogens (tertiary/aromatic N) is 1. The molecule has 0 radical (unpaired) electrons. The van der Waals surface area contributed by atoms with E-state index in [0.29, 0.717) is 28.1 Å². The van der Waals surface area contributed by atoms with Gasteiger partial charge in [0.25, 0.3) is 0 Å². The number of aromatic nitrogens is 1. The topological polar surface area (TPSA) is 106 Å². The molecule has 1 atom stereocenters. The Morgan fingerprint density at radius 1 is 1.17 bits per heavy atom. The van der Waals surface area contributed by atoms with Crippen molar-refractivity contribution in [2.45, 2.75) is 31.5 Å². The molecule has 0 bridgehead atoms. The third kappa shape index (κ3) is 5.44. The van der Waals surface area contributed by atoms with Crippen molar-refractivity contribution in [3.05, 3.63) is 70.8 Å². The SMILES string of the molecule is NC#Cc1c(C2CCCNC2)cc(-c2c(O)cccc2OCc2ccc(C(F)(F)F)cc2)nc1N. The number of alkyl halides is 3. The van der Waals surface area contributed by atoms with Crippen molar-refractivity contribution >= 4 is 5.82 Å². The molecule has 2 heterocycles. The van der Waals surface area contributed by atoms with E-state index in [-0.39, 0.29) is 24.1 Å². The van der Waals surface area contributed by atoms with Crippen LogP contribution in [0.25, 0.3) is 11.3 Å². The molecular formula is C26H25F3N4O2. The lowest BCUT2D eigenvalue weighted by Gasteiger charge is -2.25. The lowest BCUT2D eigenvalue weighted by molar-refractivity contribution is -0.137. The van der Waals surface area contributed by atoms with Crippen LogP contribution in [-0.4, -0.2) is 23.2 Å². The van der Waals surface area contributed by atoms with Gasteiger partial charge in [0.1, 0.15) is 23.9 Å². The van der Waals surface area contributed by atoms with Crippen LogP contribution in [0.5, 0.6) is 11.5 Å². The van der Waals surface area contributed by atoms with Crippen molar-refractivity contribution in [3.63, 3.8) is 0 Å². The predicted octanol–water partition coefficient (Wildman–Crippen LogP) is 4.37. The first-order chi connectivity index (χ1) is 16.8. The molecule has 1 unspecified atom stereocenters. The van der Waals surface area contributed by atoms with Gasteiger partial charge in [-0.3, -0.25) is 0 Å². The number of benzene rings is 2. The molecule has 3 aromatic rings. The van der Waals surface area contributed by atoms with Gasteiger partial charge in [-0.25, -0.2) is 4.98 Å². The van der Waals surface area contributed by atoms with E-state index in [2.05, 4.69) is 22.3 Å². The second-order valence-corrected chi connectivity index (χ2v) is 8.30. The summed E-state index contributed by atoms with van der Waals surface area (Å²) in [6.45, 7) is 1.68. The number of anilines is 1. The number of hydrogen-bond donors (Lipinski definition) is 4. The summed E-state index contributed by atoms with van der Waals surface area (Å²) in [7, 11) is 0. The Balaban J connectivity index is 1.68. The van der Waals surface area contributed by atoms with Crippen LogP contribution >= 0.6 is 0 Å². The second-order valence-electron chi connectivity index (χ2n) is 8.30. The Bertz CT molecular complexity index is 1260. The maximum atomic E-state index is 12.8. The van der Waals surface area contributed by atoms with E-state index in [1.807, 2.05) is 6.07 Å². The van der Waals surface area contributed by atoms with E-state index in [0.717, 1.165) is 43.6 Å². The fourth-order valence-electron chi connectivity index (χ4n) is 4.21. The molecular weight excluding hydrogens is 457 g/mol. The van der Waals surface area contributed by atoms with Crippen LogP contribution < -0.4 is 21.5 Å². The Labute approximate surface area is 201 Å². The van der Waals surface area contributed by atoms with Crippen LogP contribution in [-0.2, 0) is 12.8 Å². The smallest absolute Gasteiger partial charge is 0.416 e. The standard InChI is InChI=1S/C26H25F3N4O2/c27-26(28,29)18-8-6-16(7-9-18)15-35-23-5-1-4-22(34)24(23)21-13-20(17-3-2-12-32-14-17)19(10-11-30)25(31)33-21/h1,4-9,13,17,32,34H,2-3,12,14-15,30H2,(H2,31,33). The summed E-state index contributed by atoms with van der Waals surface area (Å²) in [5.74, 6) is 3.45. The van der Waals surface area contributed by atoms with Gasteiger partial charge in [0.2, 0.25) is 0 Å². The molecule has 0 saturated carbocycles. The quantitative estimate of drug-likeness (QED) is 0.318. The molecule has 2 aromatic carbocycles. The highest BCUT2D eigenvalue weighted by molar-refractivity contribution is 5.77. The molecule has 1 fully saturated rings. The minimum absolute atomic E-state index is 0.000206. The monoisotopic (exact) mass is 482 g/mol. The van der Waals surface area contributed by atoms with Crippen molar-refractivity contribution < 1.29 is 23.0 Å². The van der Waals surface area contributed by atoms with Crippen LogP contribution in [0.3, 0.4) is 0 Å². The molecule has 6 nitrogen and oxygen atoms in total. The third-order valence-electron chi connectivity index (χ3n) is 5.95. The maximum absolute atomic E-state index is 12.8. The van der Waals surface area contributed by atoms with Gasteiger partial charge in [0.15, 0.2) is 0 Å². The molecule has 9 heteroatoms. The molecule has 182 valence electrons. The predicted molar refractivity (Wildman–Crippen MR) is 127 cm³/mol.